The summed E-state index contributed by atoms with van der Waals surface area (Å²) >= 11 is 2.79. The smallest absolute Gasteiger partial charge is 0.279 e. The molecule has 148 valence electrons. The van der Waals surface area contributed by atoms with Crippen molar-refractivity contribution in [1.29, 1.82) is 0 Å². The molecule has 0 saturated heterocycles. The lowest BCUT2D eigenvalue weighted by Crippen LogP contribution is -2.11. The van der Waals surface area contributed by atoms with Crippen LogP contribution in [0.4, 0.5) is 5.13 Å². The summed E-state index contributed by atoms with van der Waals surface area (Å²) in [5.74, 6) is 0.992. The highest BCUT2D eigenvalue weighted by Crippen LogP contribution is 2.33. The SMILES string of the molecule is Cc1nc(NC(=O)c2cc(-c3ccccc3)on2)sc1-c1nc(-c2cccs2)no1. The molecular weight excluding hydrogens is 422 g/mol. The molecule has 0 bridgehead atoms. The minimum Gasteiger partial charge on any atom is -0.355 e. The van der Waals surface area contributed by atoms with Gasteiger partial charge in [-0.2, -0.15) is 4.98 Å². The normalized spacial score (nSPS) is 11.0. The quantitative estimate of drug-likeness (QED) is 0.407. The topological polar surface area (TPSA) is 107 Å². The van der Waals surface area contributed by atoms with Gasteiger partial charge in [0.05, 0.1) is 10.6 Å². The van der Waals surface area contributed by atoms with Crippen molar-refractivity contribution in [2.45, 2.75) is 6.92 Å². The van der Waals surface area contributed by atoms with Crippen LogP contribution in [0.15, 0.2) is 63.0 Å². The number of thiazole rings is 1. The van der Waals surface area contributed by atoms with Crippen molar-refractivity contribution in [3.63, 3.8) is 0 Å². The van der Waals surface area contributed by atoms with Crippen LogP contribution in [0.1, 0.15) is 16.2 Å². The van der Waals surface area contributed by atoms with Crippen molar-refractivity contribution in [3.8, 4) is 32.8 Å². The molecule has 8 nitrogen and oxygen atoms in total. The Balaban J connectivity index is 1.34. The molecule has 0 aliphatic rings. The third-order valence-corrected chi connectivity index (χ3v) is 6.11. The maximum absolute atomic E-state index is 12.6. The molecule has 0 saturated carbocycles. The van der Waals surface area contributed by atoms with Crippen LogP contribution in [0.5, 0.6) is 0 Å². The van der Waals surface area contributed by atoms with E-state index in [9.17, 15) is 4.79 Å². The zero-order valence-electron chi connectivity index (χ0n) is 15.5. The molecule has 0 aliphatic carbocycles. The minimum atomic E-state index is -0.411. The third kappa shape index (κ3) is 3.53. The first-order chi connectivity index (χ1) is 14.7. The molecule has 0 atom stereocenters. The number of aromatic nitrogens is 4. The molecule has 0 unspecified atom stereocenters. The van der Waals surface area contributed by atoms with E-state index in [0.717, 1.165) is 10.4 Å². The van der Waals surface area contributed by atoms with Crippen LogP contribution in [0, 0.1) is 6.92 Å². The van der Waals surface area contributed by atoms with E-state index in [1.54, 1.807) is 6.07 Å². The van der Waals surface area contributed by atoms with Gasteiger partial charge in [-0.25, -0.2) is 4.98 Å². The molecule has 30 heavy (non-hydrogen) atoms. The van der Waals surface area contributed by atoms with Gasteiger partial charge in [0.1, 0.15) is 4.88 Å². The zero-order chi connectivity index (χ0) is 20.5. The molecule has 1 N–H and O–H groups in total. The van der Waals surface area contributed by atoms with Crippen molar-refractivity contribution in [2.75, 3.05) is 5.32 Å². The zero-order valence-corrected chi connectivity index (χ0v) is 17.2. The molecule has 4 aromatic heterocycles. The maximum atomic E-state index is 12.6. The number of anilines is 1. The highest BCUT2D eigenvalue weighted by atomic mass is 32.1. The predicted octanol–water partition coefficient (Wildman–Crippen LogP) is 5.14. The fraction of sp³-hybridized carbons (Fsp3) is 0.0500. The number of hydrogen-bond acceptors (Lipinski definition) is 9. The standard InChI is InChI=1S/C20H13N5O3S2/c1-11-16(19-22-17(25-28-19)15-8-5-9-29-15)30-20(21-11)23-18(26)13-10-14(27-24-13)12-6-3-2-4-7-12/h2-10H,1H3,(H,21,23,26). The van der Waals surface area contributed by atoms with Gasteiger partial charge in [-0.3, -0.25) is 10.1 Å². The van der Waals surface area contributed by atoms with Gasteiger partial charge in [0.2, 0.25) is 5.82 Å². The number of hydrogen-bond donors (Lipinski definition) is 1. The largest absolute Gasteiger partial charge is 0.355 e. The Hall–Kier alpha value is -3.63. The average molecular weight is 435 g/mol. The van der Waals surface area contributed by atoms with Crippen LogP contribution in [0.3, 0.4) is 0 Å². The number of carbonyl (C=O) groups is 1. The number of rotatable bonds is 5. The van der Waals surface area contributed by atoms with E-state index in [-0.39, 0.29) is 5.69 Å². The Morgan fingerprint density at radius 2 is 1.90 bits per heavy atom. The number of aryl methyl sites for hydroxylation is 1. The van der Waals surface area contributed by atoms with Crippen LogP contribution in [-0.4, -0.2) is 26.2 Å². The van der Waals surface area contributed by atoms with Crippen LogP contribution in [0.2, 0.25) is 0 Å². The highest BCUT2D eigenvalue weighted by molar-refractivity contribution is 7.19. The van der Waals surface area contributed by atoms with E-state index in [2.05, 4.69) is 25.6 Å². The van der Waals surface area contributed by atoms with E-state index in [1.807, 2.05) is 54.8 Å². The number of amides is 1. The summed E-state index contributed by atoms with van der Waals surface area (Å²) in [5.41, 5.74) is 1.69. The molecule has 1 aromatic carbocycles. The molecule has 1 amide bonds. The summed E-state index contributed by atoms with van der Waals surface area (Å²) in [6.45, 7) is 1.82. The number of nitrogens with one attached hydrogen (secondary N) is 1. The fourth-order valence-electron chi connectivity index (χ4n) is 2.75. The molecular formula is C20H13N5O3S2. The van der Waals surface area contributed by atoms with Gasteiger partial charge in [0.15, 0.2) is 16.6 Å². The summed E-state index contributed by atoms with van der Waals surface area (Å²) in [4.78, 5) is 23.0. The summed E-state index contributed by atoms with van der Waals surface area (Å²) in [6, 6.07) is 14.9. The van der Waals surface area contributed by atoms with Crippen molar-refractivity contribution in [1.82, 2.24) is 20.3 Å². The number of benzene rings is 1. The van der Waals surface area contributed by atoms with Crippen molar-refractivity contribution in [3.05, 3.63) is 65.3 Å². The minimum absolute atomic E-state index is 0.168. The van der Waals surface area contributed by atoms with Crippen molar-refractivity contribution >= 4 is 33.7 Å². The molecule has 5 rings (SSSR count). The third-order valence-electron chi connectivity index (χ3n) is 4.18. The van der Waals surface area contributed by atoms with E-state index < -0.39 is 5.91 Å². The molecule has 10 heteroatoms. The van der Waals surface area contributed by atoms with Crippen LogP contribution in [-0.2, 0) is 0 Å². The molecule has 0 radical (unpaired) electrons. The summed E-state index contributed by atoms with van der Waals surface area (Å²) in [6.07, 6.45) is 0. The highest BCUT2D eigenvalue weighted by Gasteiger charge is 2.20. The summed E-state index contributed by atoms with van der Waals surface area (Å²) < 4.78 is 10.7. The van der Waals surface area contributed by atoms with Gasteiger partial charge in [-0.15, -0.1) is 11.3 Å². The van der Waals surface area contributed by atoms with Gasteiger partial charge in [-0.05, 0) is 18.4 Å². The number of carbonyl (C=O) groups excluding carboxylic acids is 1. The van der Waals surface area contributed by atoms with E-state index in [0.29, 0.717) is 33.2 Å². The van der Waals surface area contributed by atoms with Crippen molar-refractivity contribution in [2.24, 2.45) is 0 Å². The van der Waals surface area contributed by atoms with Crippen LogP contribution in [0.25, 0.3) is 32.8 Å². The van der Waals surface area contributed by atoms with Gasteiger partial charge in [-0.1, -0.05) is 58.0 Å². The molecule has 0 aliphatic heterocycles. The average Bonchev–Trinajstić information content (AvgIpc) is 3.54. The van der Waals surface area contributed by atoms with Crippen LogP contribution < -0.4 is 5.32 Å². The summed E-state index contributed by atoms with van der Waals surface area (Å²) in [5, 5.41) is 13.0. The van der Waals surface area contributed by atoms with Crippen molar-refractivity contribution < 1.29 is 13.8 Å². The predicted molar refractivity (Wildman–Crippen MR) is 113 cm³/mol. The van der Waals surface area contributed by atoms with Gasteiger partial charge >= 0.3 is 0 Å². The Labute approximate surface area is 178 Å². The molecule has 0 fully saturated rings. The molecule has 4 heterocycles. The first kappa shape index (κ1) is 18.4. The Morgan fingerprint density at radius 1 is 1.03 bits per heavy atom. The van der Waals surface area contributed by atoms with E-state index in [4.69, 9.17) is 9.05 Å². The van der Waals surface area contributed by atoms with E-state index >= 15 is 0 Å². The molecule has 0 spiro atoms. The summed E-state index contributed by atoms with van der Waals surface area (Å²) in [7, 11) is 0. The second-order valence-electron chi connectivity index (χ2n) is 6.23. The lowest BCUT2D eigenvalue weighted by atomic mass is 10.1. The Morgan fingerprint density at radius 3 is 2.70 bits per heavy atom. The van der Waals surface area contributed by atoms with E-state index in [1.165, 1.54) is 22.7 Å². The maximum Gasteiger partial charge on any atom is 0.279 e. The molecule has 5 aromatic rings. The lowest BCUT2D eigenvalue weighted by Gasteiger charge is -1.95. The van der Waals surface area contributed by atoms with Crippen LogP contribution >= 0.6 is 22.7 Å². The first-order valence-electron chi connectivity index (χ1n) is 8.86. The monoisotopic (exact) mass is 435 g/mol. The first-order valence-corrected chi connectivity index (χ1v) is 10.6. The second-order valence-corrected chi connectivity index (χ2v) is 8.18. The number of thiophene rings is 1. The van der Waals surface area contributed by atoms with Gasteiger partial charge < -0.3 is 9.05 Å². The lowest BCUT2D eigenvalue weighted by molar-refractivity contribution is 0.101. The number of nitrogens with zero attached hydrogens (tertiary/aromatic N) is 4. The Bertz CT molecular complexity index is 1310. The fourth-order valence-corrected chi connectivity index (χ4v) is 4.28. The Kier molecular flexibility index (Phi) is 4.69. The van der Waals surface area contributed by atoms with Gasteiger partial charge in [0, 0.05) is 11.6 Å². The second kappa shape index (κ2) is 7.65. The van der Waals surface area contributed by atoms with Gasteiger partial charge in [0.25, 0.3) is 11.8 Å².